The summed E-state index contributed by atoms with van der Waals surface area (Å²) in [6.07, 6.45) is 6.52. The van der Waals surface area contributed by atoms with Crippen molar-refractivity contribution in [3.8, 4) is 0 Å². The number of rotatable bonds is 4. The molecule has 0 unspecified atom stereocenters. The predicted molar refractivity (Wildman–Crippen MR) is 99.7 cm³/mol. The fraction of sp³-hybridized carbons (Fsp3) is 0. The van der Waals surface area contributed by atoms with Crippen molar-refractivity contribution in [1.29, 1.82) is 0 Å². The molecule has 0 amide bonds. The highest BCUT2D eigenvalue weighted by atomic mass is 35.5. The van der Waals surface area contributed by atoms with Crippen LogP contribution < -0.4 is 0 Å². The van der Waals surface area contributed by atoms with Crippen LogP contribution in [-0.4, -0.2) is 18.9 Å². The van der Waals surface area contributed by atoms with Crippen molar-refractivity contribution >= 4 is 48.1 Å². The minimum Gasteiger partial charge on any atom is -0.299 e. The van der Waals surface area contributed by atoms with E-state index in [1.807, 2.05) is 12.1 Å². The summed E-state index contributed by atoms with van der Waals surface area (Å²) in [5.41, 5.74) is 1.59. The summed E-state index contributed by atoms with van der Waals surface area (Å²) < 4.78 is 0. The minimum atomic E-state index is 0.597. The molecule has 0 atom stereocenters. The van der Waals surface area contributed by atoms with E-state index in [1.54, 1.807) is 42.5 Å². The molecule has 0 spiro atoms. The first-order valence-corrected chi connectivity index (χ1v) is 7.47. The van der Waals surface area contributed by atoms with E-state index in [1.165, 1.54) is 12.2 Å². The van der Waals surface area contributed by atoms with E-state index in [-0.39, 0.29) is 0 Å². The maximum Gasteiger partial charge on any atom is 0.150 e. The van der Waals surface area contributed by atoms with Crippen molar-refractivity contribution in [2.24, 2.45) is 0 Å². The molecule has 0 aliphatic carbocycles. The van der Waals surface area contributed by atoms with E-state index < -0.39 is 0 Å². The third-order valence-electron chi connectivity index (χ3n) is 2.32. The topological polar surface area (TPSA) is 51.2 Å². The molecule has 24 heavy (non-hydrogen) atoms. The number of carbonyl (C=O) groups excluding carboxylic acids is 3. The summed E-state index contributed by atoms with van der Waals surface area (Å²) in [7, 11) is 0. The molecular weight excluding hydrogens is 347 g/mol. The highest BCUT2D eigenvalue weighted by Gasteiger charge is 1.88. The average Bonchev–Trinajstić information content (AvgIpc) is 2.62. The van der Waals surface area contributed by atoms with Gasteiger partial charge >= 0.3 is 0 Å². The minimum absolute atomic E-state index is 0.597. The summed E-state index contributed by atoms with van der Waals surface area (Å²) >= 11 is 11.2. The smallest absolute Gasteiger partial charge is 0.150 e. The first-order valence-electron chi connectivity index (χ1n) is 6.71. The molecule has 5 heteroatoms. The van der Waals surface area contributed by atoms with Crippen LogP contribution in [0.2, 0.25) is 10.0 Å². The first-order chi connectivity index (χ1) is 11.6. The first kappa shape index (κ1) is 21.5. The van der Waals surface area contributed by atoms with Gasteiger partial charge in [0.15, 0.2) is 0 Å². The number of carbonyl (C=O) groups is 3. The number of halogens is 2. The van der Waals surface area contributed by atoms with Crippen LogP contribution in [0, 0.1) is 0 Å². The lowest BCUT2D eigenvalue weighted by Gasteiger charge is -1.90. The molecule has 0 radical (unpaired) electrons. The van der Waals surface area contributed by atoms with E-state index >= 15 is 0 Å². The Morgan fingerprint density at radius 2 is 1.42 bits per heavy atom. The number of aldehydes is 3. The highest BCUT2D eigenvalue weighted by molar-refractivity contribution is 6.31. The summed E-state index contributed by atoms with van der Waals surface area (Å²) in [6, 6.07) is 14.1. The molecule has 0 aliphatic heterocycles. The molecule has 0 saturated carbocycles. The highest BCUT2D eigenvalue weighted by Crippen LogP contribution is 2.10. The van der Waals surface area contributed by atoms with Gasteiger partial charge in [-0.2, -0.15) is 0 Å². The molecular formula is C19H16Cl2O3. The third-order valence-corrected chi connectivity index (χ3v) is 2.81. The van der Waals surface area contributed by atoms with E-state index in [4.69, 9.17) is 28.0 Å². The average molecular weight is 363 g/mol. The standard InChI is InChI=1S/C9H7ClO.C7H5ClO.C3H4O/c10-9-5-3-8(4-6-9)2-1-7-11;8-7-3-1-2-6(4-7)5-9;1-2-3-4/h1-7H;1-5H;2-3H,1H2/b2-1+;;. The number of benzene rings is 2. The fourth-order valence-electron chi connectivity index (χ4n) is 1.30. The van der Waals surface area contributed by atoms with Crippen molar-refractivity contribution in [3.63, 3.8) is 0 Å². The van der Waals surface area contributed by atoms with Crippen molar-refractivity contribution in [1.82, 2.24) is 0 Å². The van der Waals surface area contributed by atoms with Gasteiger partial charge in [0.05, 0.1) is 0 Å². The van der Waals surface area contributed by atoms with Crippen LogP contribution in [0.15, 0.2) is 67.3 Å². The summed E-state index contributed by atoms with van der Waals surface area (Å²) in [4.78, 5) is 29.1. The van der Waals surface area contributed by atoms with Gasteiger partial charge in [0.25, 0.3) is 0 Å². The Balaban J connectivity index is 0.000000367. The van der Waals surface area contributed by atoms with E-state index in [9.17, 15) is 9.59 Å². The van der Waals surface area contributed by atoms with Crippen molar-refractivity contribution < 1.29 is 14.4 Å². The predicted octanol–water partition coefficient (Wildman–Crippen LogP) is 5.08. The van der Waals surface area contributed by atoms with Crippen molar-refractivity contribution in [2.45, 2.75) is 0 Å². The second-order valence-electron chi connectivity index (χ2n) is 4.09. The van der Waals surface area contributed by atoms with Crippen LogP contribution in [0.25, 0.3) is 6.08 Å². The number of hydrogen-bond acceptors (Lipinski definition) is 3. The Bertz CT molecular complexity index is 671. The van der Waals surface area contributed by atoms with Gasteiger partial charge < -0.3 is 0 Å². The summed E-state index contributed by atoms with van der Waals surface area (Å²) in [5, 5.41) is 1.30. The summed E-state index contributed by atoms with van der Waals surface area (Å²) in [6.45, 7) is 3.11. The van der Waals surface area contributed by atoms with Crippen molar-refractivity contribution in [3.05, 3.63) is 88.4 Å². The number of allylic oxidation sites excluding steroid dienone is 2. The zero-order valence-electron chi connectivity index (χ0n) is 12.8. The maximum atomic E-state index is 10.1. The second kappa shape index (κ2) is 14.1. The fourth-order valence-corrected chi connectivity index (χ4v) is 1.63. The SMILES string of the molecule is C=CC=O.O=C/C=C/c1ccc(Cl)cc1.O=Cc1cccc(Cl)c1. The number of hydrogen-bond donors (Lipinski definition) is 0. The van der Waals surface area contributed by atoms with Gasteiger partial charge in [-0.15, -0.1) is 0 Å². The molecule has 0 N–H and O–H groups in total. The Morgan fingerprint density at radius 3 is 1.83 bits per heavy atom. The van der Waals surface area contributed by atoms with Gasteiger partial charge in [0, 0.05) is 15.6 Å². The molecule has 0 heterocycles. The molecule has 3 nitrogen and oxygen atoms in total. The third kappa shape index (κ3) is 11.1. The lowest BCUT2D eigenvalue weighted by molar-refractivity contribution is -0.104. The zero-order valence-corrected chi connectivity index (χ0v) is 14.3. The largest absolute Gasteiger partial charge is 0.299 e. The van der Waals surface area contributed by atoms with Crippen LogP contribution in [0.4, 0.5) is 0 Å². The van der Waals surface area contributed by atoms with Crippen LogP contribution >= 0.6 is 23.2 Å². The lowest BCUT2D eigenvalue weighted by atomic mass is 10.2. The normalized spacial score (nSPS) is 8.92. The molecule has 0 aliphatic rings. The molecule has 124 valence electrons. The maximum absolute atomic E-state index is 10.1. The molecule has 0 bridgehead atoms. The van der Waals surface area contributed by atoms with Crippen LogP contribution in [0.1, 0.15) is 15.9 Å². The molecule has 0 fully saturated rings. The van der Waals surface area contributed by atoms with E-state index in [0.29, 0.717) is 21.9 Å². The van der Waals surface area contributed by atoms with E-state index in [2.05, 4.69) is 6.58 Å². The van der Waals surface area contributed by atoms with Gasteiger partial charge in [-0.3, -0.25) is 14.4 Å². The zero-order chi connectivity index (χ0) is 18.2. The Morgan fingerprint density at radius 1 is 0.792 bits per heavy atom. The van der Waals surface area contributed by atoms with Gasteiger partial charge in [-0.25, -0.2) is 0 Å². The molecule has 2 rings (SSSR count). The van der Waals surface area contributed by atoms with Crippen LogP contribution in [0.5, 0.6) is 0 Å². The quantitative estimate of drug-likeness (QED) is 0.563. The van der Waals surface area contributed by atoms with Crippen LogP contribution in [0.3, 0.4) is 0 Å². The summed E-state index contributed by atoms with van der Waals surface area (Å²) in [5.74, 6) is 0. The lowest BCUT2D eigenvalue weighted by Crippen LogP contribution is -1.75. The van der Waals surface area contributed by atoms with Gasteiger partial charge in [-0.1, -0.05) is 60.1 Å². The molecule has 0 saturated heterocycles. The Kier molecular flexibility index (Phi) is 12.7. The molecule has 0 aromatic heterocycles. The molecule has 2 aromatic rings. The monoisotopic (exact) mass is 362 g/mol. The van der Waals surface area contributed by atoms with Gasteiger partial charge in [0.2, 0.25) is 0 Å². The van der Waals surface area contributed by atoms with Gasteiger partial charge in [-0.05, 0) is 42.0 Å². The van der Waals surface area contributed by atoms with Crippen LogP contribution in [-0.2, 0) is 9.59 Å². The second-order valence-corrected chi connectivity index (χ2v) is 4.96. The van der Waals surface area contributed by atoms with E-state index in [0.717, 1.165) is 18.1 Å². The van der Waals surface area contributed by atoms with Crippen molar-refractivity contribution in [2.75, 3.05) is 0 Å². The molecule has 2 aromatic carbocycles. The van der Waals surface area contributed by atoms with Gasteiger partial charge in [0.1, 0.15) is 18.9 Å². The Hall–Kier alpha value is -2.49. The Labute approximate surface area is 151 Å².